The van der Waals surface area contributed by atoms with Gasteiger partial charge in [-0.2, -0.15) is 0 Å². The molecule has 0 aliphatic carbocycles. The first-order valence-electron chi connectivity index (χ1n) is 7.17. The second-order valence-corrected chi connectivity index (χ2v) is 4.91. The maximum atomic E-state index is 11.9. The topological polar surface area (TPSA) is 88.4 Å². The molecule has 2 amide bonds. The molecule has 2 aromatic heterocycles. The van der Waals surface area contributed by atoms with E-state index in [2.05, 4.69) is 20.8 Å². The highest BCUT2D eigenvalue weighted by molar-refractivity contribution is 5.96. The van der Waals surface area contributed by atoms with Gasteiger partial charge in [-0.05, 0) is 24.3 Å². The van der Waals surface area contributed by atoms with Crippen molar-refractivity contribution in [3.05, 3.63) is 54.7 Å². The van der Waals surface area contributed by atoms with Crippen LogP contribution in [0.2, 0.25) is 0 Å². The third kappa shape index (κ3) is 3.70. The molecule has 0 saturated heterocycles. The summed E-state index contributed by atoms with van der Waals surface area (Å²) in [5, 5.41) is 13.2. The van der Waals surface area contributed by atoms with Crippen LogP contribution in [-0.4, -0.2) is 26.4 Å². The van der Waals surface area contributed by atoms with E-state index in [1.54, 1.807) is 28.8 Å². The Kier molecular flexibility index (Phi) is 4.28. The van der Waals surface area contributed by atoms with Crippen molar-refractivity contribution in [2.45, 2.75) is 12.8 Å². The first-order chi connectivity index (χ1) is 11.2. The van der Waals surface area contributed by atoms with E-state index in [1.165, 1.54) is 0 Å². The molecule has 0 bridgehead atoms. The first-order valence-corrected chi connectivity index (χ1v) is 7.17. The van der Waals surface area contributed by atoms with Gasteiger partial charge < -0.3 is 5.32 Å². The smallest absolute Gasteiger partial charge is 0.235 e. The van der Waals surface area contributed by atoms with Gasteiger partial charge in [0.25, 0.3) is 0 Å². The third-order valence-corrected chi connectivity index (χ3v) is 3.20. The minimum Gasteiger partial charge on any atom is -0.326 e. The van der Waals surface area contributed by atoms with Crippen LogP contribution >= 0.6 is 0 Å². The Bertz CT molecular complexity index is 829. The van der Waals surface area contributed by atoms with E-state index in [4.69, 9.17) is 0 Å². The second-order valence-electron chi connectivity index (χ2n) is 4.91. The van der Waals surface area contributed by atoms with Crippen LogP contribution in [0.3, 0.4) is 0 Å². The maximum absolute atomic E-state index is 11.9. The number of para-hydroxylation sites is 1. The van der Waals surface area contributed by atoms with Gasteiger partial charge >= 0.3 is 0 Å². The van der Waals surface area contributed by atoms with Crippen molar-refractivity contribution in [1.82, 2.24) is 14.6 Å². The highest BCUT2D eigenvalue weighted by Crippen LogP contribution is 2.09. The molecular weight excluding hydrogens is 294 g/mol. The Morgan fingerprint density at radius 1 is 0.870 bits per heavy atom. The number of amides is 2. The molecule has 2 N–H and O–H groups in total. The van der Waals surface area contributed by atoms with Gasteiger partial charge in [-0.25, -0.2) is 0 Å². The number of aromatic nitrogens is 3. The minimum atomic E-state index is -0.286. The van der Waals surface area contributed by atoms with Gasteiger partial charge in [0.15, 0.2) is 5.65 Å². The van der Waals surface area contributed by atoms with Gasteiger partial charge in [0.2, 0.25) is 17.8 Å². The van der Waals surface area contributed by atoms with Gasteiger partial charge in [-0.15, -0.1) is 10.2 Å². The lowest BCUT2D eigenvalue weighted by atomic mass is 10.2. The summed E-state index contributed by atoms with van der Waals surface area (Å²) in [6, 6.07) is 14.6. The lowest BCUT2D eigenvalue weighted by Crippen LogP contribution is -2.18. The molecule has 116 valence electrons. The van der Waals surface area contributed by atoms with Gasteiger partial charge in [0, 0.05) is 24.7 Å². The van der Waals surface area contributed by atoms with Crippen molar-refractivity contribution in [1.29, 1.82) is 0 Å². The number of pyridine rings is 1. The van der Waals surface area contributed by atoms with E-state index in [-0.39, 0.29) is 24.7 Å². The Hall–Kier alpha value is -3.22. The van der Waals surface area contributed by atoms with E-state index in [1.807, 2.05) is 30.3 Å². The van der Waals surface area contributed by atoms with Crippen LogP contribution in [-0.2, 0) is 9.59 Å². The number of nitrogens with one attached hydrogen (secondary N) is 2. The molecular formula is C16H15N5O2. The highest BCUT2D eigenvalue weighted by Gasteiger charge is 2.11. The van der Waals surface area contributed by atoms with Crippen LogP contribution in [0.25, 0.3) is 5.65 Å². The average Bonchev–Trinajstić information content (AvgIpc) is 2.97. The molecule has 3 aromatic rings. The van der Waals surface area contributed by atoms with Crippen LogP contribution in [0.15, 0.2) is 54.7 Å². The fraction of sp³-hybridized carbons (Fsp3) is 0.125. The number of nitrogens with zero attached hydrogens (tertiary/aromatic N) is 3. The van der Waals surface area contributed by atoms with Crippen molar-refractivity contribution in [3.63, 3.8) is 0 Å². The molecule has 0 unspecified atom stereocenters. The highest BCUT2D eigenvalue weighted by atomic mass is 16.2. The molecule has 7 heteroatoms. The Balaban J connectivity index is 1.52. The van der Waals surface area contributed by atoms with E-state index >= 15 is 0 Å². The molecule has 0 aliphatic heterocycles. The van der Waals surface area contributed by atoms with E-state index in [0.29, 0.717) is 17.3 Å². The largest absolute Gasteiger partial charge is 0.326 e. The zero-order valence-corrected chi connectivity index (χ0v) is 12.3. The summed E-state index contributed by atoms with van der Waals surface area (Å²) in [5.74, 6) is -0.155. The normalized spacial score (nSPS) is 10.4. The van der Waals surface area contributed by atoms with Crippen LogP contribution in [0.5, 0.6) is 0 Å². The van der Waals surface area contributed by atoms with Gasteiger partial charge in [-0.3, -0.25) is 19.3 Å². The maximum Gasteiger partial charge on any atom is 0.235 e. The monoisotopic (exact) mass is 309 g/mol. The fourth-order valence-electron chi connectivity index (χ4n) is 2.09. The van der Waals surface area contributed by atoms with Gasteiger partial charge in [-0.1, -0.05) is 24.3 Å². The van der Waals surface area contributed by atoms with Crippen LogP contribution in [0.4, 0.5) is 11.6 Å². The first kappa shape index (κ1) is 14.7. The summed E-state index contributed by atoms with van der Waals surface area (Å²) >= 11 is 0. The minimum absolute atomic E-state index is 0.0699. The zero-order chi connectivity index (χ0) is 16.1. The lowest BCUT2D eigenvalue weighted by Gasteiger charge is -2.05. The number of carbonyl (C=O) groups is 2. The Morgan fingerprint density at radius 3 is 2.35 bits per heavy atom. The average molecular weight is 309 g/mol. The molecule has 2 heterocycles. The predicted octanol–water partition coefficient (Wildman–Crippen LogP) is 2.09. The Labute approximate surface area is 132 Å². The van der Waals surface area contributed by atoms with Crippen LogP contribution in [0.1, 0.15) is 12.8 Å². The summed E-state index contributed by atoms with van der Waals surface area (Å²) in [6.07, 6.45) is 1.92. The second kappa shape index (κ2) is 6.69. The molecule has 3 rings (SSSR count). The van der Waals surface area contributed by atoms with E-state index in [9.17, 15) is 9.59 Å². The van der Waals surface area contributed by atoms with Crippen molar-refractivity contribution in [2.75, 3.05) is 10.6 Å². The SMILES string of the molecule is O=C(CCC(=O)Nc1nnc2ccccn12)Nc1ccccc1. The van der Waals surface area contributed by atoms with Gasteiger partial charge in [0.1, 0.15) is 0 Å². The van der Waals surface area contributed by atoms with Crippen molar-refractivity contribution in [2.24, 2.45) is 0 Å². The number of anilines is 2. The Morgan fingerprint density at radius 2 is 1.57 bits per heavy atom. The number of benzene rings is 1. The lowest BCUT2D eigenvalue weighted by molar-refractivity contribution is -0.121. The molecule has 0 aliphatic rings. The van der Waals surface area contributed by atoms with Crippen LogP contribution in [0, 0.1) is 0 Å². The molecule has 1 aromatic carbocycles. The summed E-state index contributed by atoms with van der Waals surface area (Å²) in [6.45, 7) is 0. The zero-order valence-electron chi connectivity index (χ0n) is 12.3. The molecule has 0 fully saturated rings. The van der Waals surface area contributed by atoms with E-state index in [0.717, 1.165) is 0 Å². The summed E-state index contributed by atoms with van der Waals surface area (Å²) < 4.78 is 1.67. The number of carbonyl (C=O) groups excluding carboxylic acids is 2. The van der Waals surface area contributed by atoms with Crippen molar-refractivity contribution >= 4 is 29.1 Å². The van der Waals surface area contributed by atoms with Crippen molar-refractivity contribution < 1.29 is 9.59 Å². The molecule has 7 nitrogen and oxygen atoms in total. The number of fused-ring (bicyclic) bond motifs is 1. The molecule has 23 heavy (non-hydrogen) atoms. The van der Waals surface area contributed by atoms with Gasteiger partial charge in [0.05, 0.1) is 0 Å². The number of hydrogen-bond acceptors (Lipinski definition) is 4. The summed E-state index contributed by atoms with van der Waals surface area (Å²) in [5.41, 5.74) is 1.35. The molecule has 0 spiro atoms. The summed E-state index contributed by atoms with van der Waals surface area (Å²) in [4.78, 5) is 23.7. The number of rotatable bonds is 5. The fourth-order valence-corrected chi connectivity index (χ4v) is 2.09. The molecule has 0 radical (unpaired) electrons. The predicted molar refractivity (Wildman–Crippen MR) is 85.9 cm³/mol. The summed E-state index contributed by atoms with van der Waals surface area (Å²) in [7, 11) is 0. The standard InChI is InChI=1S/C16H15N5O2/c22-14(17-12-6-2-1-3-7-12)9-10-15(23)18-16-20-19-13-8-4-5-11-21(13)16/h1-8,11H,9-10H2,(H,17,22)(H,18,20,23). The van der Waals surface area contributed by atoms with E-state index < -0.39 is 0 Å². The number of hydrogen-bond donors (Lipinski definition) is 2. The molecule has 0 atom stereocenters. The van der Waals surface area contributed by atoms with Crippen molar-refractivity contribution in [3.8, 4) is 0 Å². The van der Waals surface area contributed by atoms with Crippen LogP contribution < -0.4 is 10.6 Å². The quantitative estimate of drug-likeness (QED) is 0.755. The third-order valence-electron chi connectivity index (χ3n) is 3.20. The molecule has 0 saturated carbocycles.